The van der Waals surface area contributed by atoms with Gasteiger partial charge < -0.3 is 14.9 Å². The molecule has 0 saturated heterocycles. The molecule has 5 nitrogen and oxygen atoms in total. The monoisotopic (exact) mass is 478 g/mol. The molecule has 4 fully saturated rings. The molecule has 0 aliphatic heterocycles. The summed E-state index contributed by atoms with van der Waals surface area (Å²) in [5.74, 6) is 0.199. The van der Waals surface area contributed by atoms with Crippen LogP contribution in [0.15, 0.2) is 12.7 Å². The number of carbonyl (C=O) groups excluding carboxylic acids is 2. The van der Waals surface area contributed by atoms with Crippen LogP contribution in [0.5, 0.6) is 0 Å². The number of aliphatic hydroxyl groups is 2. The molecule has 0 spiro atoms. The van der Waals surface area contributed by atoms with Crippen molar-refractivity contribution < 1.29 is 24.5 Å². The first kappa shape index (κ1) is 25.2. The molecule has 186 valence electrons. The van der Waals surface area contributed by atoms with Crippen LogP contribution in [-0.4, -0.2) is 51.3 Å². The smallest absolute Gasteiger partial charge is 0.316 e. The minimum Gasteiger partial charge on any atom is -0.461 e. The largest absolute Gasteiger partial charge is 0.461 e. The van der Waals surface area contributed by atoms with Gasteiger partial charge in [-0.15, -0.1) is 18.3 Å². The highest BCUT2D eigenvalue weighted by molar-refractivity contribution is 8.00. The van der Waals surface area contributed by atoms with E-state index in [1.165, 1.54) is 11.8 Å². The van der Waals surface area contributed by atoms with Crippen molar-refractivity contribution in [1.82, 2.24) is 0 Å². The first-order chi connectivity index (χ1) is 15.5. The number of Topliss-reactive ketones (excluding diaryl/α,β-unsaturated/α-hetero) is 1. The van der Waals surface area contributed by atoms with Crippen LogP contribution in [0, 0.1) is 34.0 Å². The standard InChI is InChI=1S/C27H42O5S/c1-6-25(4)14-21(32-22(30)15-33-20-9-7-8-18(20)28)26(5)16(2)10-12-27(17(3)24(25)31)13-11-19(29)23(26)27/h6,16-18,20-21,23-24,28,31H,1,7-15H2,2-5H3/t16?,17-,18?,20?,21+,23-,24-,25+,26-,27-/m0/s1. The summed E-state index contributed by atoms with van der Waals surface area (Å²) < 4.78 is 6.26. The van der Waals surface area contributed by atoms with E-state index in [1.54, 1.807) is 0 Å². The van der Waals surface area contributed by atoms with E-state index in [2.05, 4.69) is 27.4 Å². The third kappa shape index (κ3) is 3.92. The van der Waals surface area contributed by atoms with E-state index in [1.807, 2.05) is 13.0 Å². The van der Waals surface area contributed by atoms with E-state index in [0.717, 1.165) is 38.5 Å². The average molecular weight is 479 g/mol. The van der Waals surface area contributed by atoms with Crippen LogP contribution in [-0.2, 0) is 14.3 Å². The zero-order valence-corrected chi connectivity index (χ0v) is 21.5. The van der Waals surface area contributed by atoms with Gasteiger partial charge in [0.1, 0.15) is 11.9 Å². The van der Waals surface area contributed by atoms with Gasteiger partial charge in [-0.05, 0) is 62.2 Å². The minimum absolute atomic E-state index is 0.0279. The Morgan fingerprint density at radius 2 is 1.94 bits per heavy atom. The molecule has 0 aromatic rings. The third-order valence-corrected chi connectivity index (χ3v) is 11.8. The van der Waals surface area contributed by atoms with Crippen molar-refractivity contribution in [2.75, 3.05) is 5.75 Å². The summed E-state index contributed by atoms with van der Waals surface area (Å²) in [6, 6.07) is 0. The van der Waals surface area contributed by atoms with Crippen LogP contribution < -0.4 is 0 Å². The van der Waals surface area contributed by atoms with Crippen molar-refractivity contribution in [2.24, 2.45) is 34.0 Å². The van der Waals surface area contributed by atoms with E-state index < -0.39 is 23.0 Å². The molecular weight excluding hydrogens is 436 g/mol. The van der Waals surface area contributed by atoms with Gasteiger partial charge in [0.15, 0.2) is 0 Å². The van der Waals surface area contributed by atoms with Crippen molar-refractivity contribution in [1.29, 1.82) is 0 Å². The number of rotatable bonds is 5. The molecule has 4 rings (SSSR count). The molecule has 6 heteroatoms. The van der Waals surface area contributed by atoms with Crippen molar-refractivity contribution in [3.8, 4) is 0 Å². The van der Waals surface area contributed by atoms with Gasteiger partial charge in [0.2, 0.25) is 0 Å². The molecule has 0 radical (unpaired) electrons. The molecule has 0 aromatic carbocycles. The van der Waals surface area contributed by atoms with Crippen molar-refractivity contribution in [3.63, 3.8) is 0 Å². The maximum atomic E-state index is 13.4. The van der Waals surface area contributed by atoms with Crippen LogP contribution in [0.1, 0.15) is 79.1 Å². The van der Waals surface area contributed by atoms with E-state index in [4.69, 9.17) is 4.74 Å². The molecule has 4 aliphatic carbocycles. The van der Waals surface area contributed by atoms with Crippen molar-refractivity contribution in [2.45, 2.75) is 103 Å². The number of ketones is 1. The lowest BCUT2D eigenvalue weighted by Gasteiger charge is -2.61. The summed E-state index contributed by atoms with van der Waals surface area (Å²) in [5, 5.41) is 21.8. The molecular formula is C27H42O5S. The summed E-state index contributed by atoms with van der Waals surface area (Å²) in [6.45, 7) is 12.6. The van der Waals surface area contributed by atoms with Crippen molar-refractivity contribution in [3.05, 3.63) is 12.7 Å². The average Bonchev–Trinajstić information content (AvgIpc) is 3.36. The molecule has 0 amide bonds. The molecule has 0 aromatic heterocycles. The summed E-state index contributed by atoms with van der Waals surface area (Å²) in [7, 11) is 0. The van der Waals surface area contributed by atoms with Crippen molar-refractivity contribution >= 4 is 23.5 Å². The van der Waals surface area contributed by atoms with E-state index in [0.29, 0.717) is 12.8 Å². The summed E-state index contributed by atoms with van der Waals surface area (Å²) in [6.07, 6.45) is 6.80. The number of hydrogen-bond donors (Lipinski definition) is 2. The Morgan fingerprint density at radius 3 is 2.58 bits per heavy atom. The van der Waals surface area contributed by atoms with E-state index in [-0.39, 0.29) is 52.0 Å². The molecule has 10 atom stereocenters. The minimum atomic E-state index is -0.648. The van der Waals surface area contributed by atoms with E-state index in [9.17, 15) is 19.8 Å². The molecule has 4 aliphatic rings. The maximum Gasteiger partial charge on any atom is 0.316 e. The van der Waals surface area contributed by atoms with Gasteiger partial charge in [0.25, 0.3) is 0 Å². The Balaban J connectivity index is 1.67. The predicted molar refractivity (Wildman–Crippen MR) is 131 cm³/mol. The van der Waals surface area contributed by atoms with Crippen LogP contribution in [0.3, 0.4) is 0 Å². The van der Waals surface area contributed by atoms with Gasteiger partial charge in [-0.25, -0.2) is 0 Å². The van der Waals surface area contributed by atoms with Gasteiger partial charge in [0, 0.05) is 28.4 Å². The zero-order chi connectivity index (χ0) is 24.2. The highest BCUT2D eigenvalue weighted by atomic mass is 32.2. The molecule has 4 saturated carbocycles. The quantitative estimate of drug-likeness (QED) is 0.446. The fourth-order valence-corrected chi connectivity index (χ4v) is 9.08. The Morgan fingerprint density at radius 1 is 1.21 bits per heavy atom. The number of hydrogen-bond acceptors (Lipinski definition) is 6. The number of ether oxygens (including phenoxy) is 1. The van der Waals surface area contributed by atoms with Crippen LogP contribution in [0.25, 0.3) is 0 Å². The summed E-state index contributed by atoms with van der Waals surface area (Å²) in [4.78, 5) is 26.5. The van der Waals surface area contributed by atoms with Crippen LogP contribution in [0.2, 0.25) is 0 Å². The number of carbonyl (C=O) groups is 2. The second-order valence-electron chi connectivity index (χ2n) is 11.9. The van der Waals surface area contributed by atoms with Gasteiger partial charge in [-0.3, -0.25) is 9.59 Å². The Hall–Kier alpha value is -0.850. The SMILES string of the molecule is C=C[C@]1(C)C[C@@H](OC(=O)CSC2CCCC2O)[C@]2(C)C(C)CC[C@]3(CCC(=O)[C@H]32)[C@@H](C)[C@@H]1O. The molecule has 3 unspecified atom stereocenters. The normalized spacial score (nSPS) is 49.8. The highest BCUT2D eigenvalue weighted by Gasteiger charge is 2.68. The highest BCUT2D eigenvalue weighted by Crippen LogP contribution is 2.68. The van der Waals surface area contributed by atoms with Gasteiger partial charge in [-0.1, -0.05) is 33.8 Å². The number of thioether (sulfide) groups is 1. The fraction of sp³-hybridized carbons (Fsp3) is 0.852. The molecule has 2 N–H and O–H groups in total. The molecule has 0 heterocycles. The first-order valence-electron chi connectivity index (χ1n) is 12.8. The summed E-state index contributed by atoms with van der Waals surface area (Å²) >= 11 is 1.49. The second-order valence-corrected chi connectivity index (χ2v) is 13.1. The lowest BCUT2D eigenvalue weighted by atomic mass is 9.44. The lowest BCUT2D eigenvalue weighted by Crippen LogP contribution is -2.63. The number of esters is 1. The Labute approximate surface area is 203 Å². The summed E-state index contributed by atoms with van der Waals surface area (Å²) in [5.41, 5.74) is -1.34. The number of aliphatic hydroxyl groups excluding tert-OH is 2. The molecule has 2 bridgehead atoms. The topological polar surface area (TPSA) is 83.8 Å². The predicted octanol–water partition coefficient (Wildman–Crippen LogP) is 4.54. The Kier molecular flexibility index (Phi) is 6.87. The van der Waals surface area contributed by atoms with Crippen LogP contribution in [0.4, 0.5) is 0 Å². The Bertz CT molecular complexity index is 799. The van der Waals surface area contributed by atoms with Gasteiger partial charge >= 0.3 is 5.97 Å². The maximum absolute atomic E-state index is 13.4. The fourth-order valence-electron chi connectivity index (χ4n) is 7.97. The third-order valence-electron chi connectivity index (χ3n) is 10.4. The van der Waals surface area contributed by atoms with E-state index >= 15 is 0 Å². The lowest BCUT2D eigenvalue weighted by molar-refractivity contribution is -0.205. The first-order valence-corrected chi connectivity index (χ1v) is 13.9. The zero-order valence-electron chi connectivity index (χ0n) is 20.7. The van der Waals surface area contributed by atoms with Gasteiger partial charge in [0.05, 0.1) is 18.0 Å². The van der Waals surface area contributed by atoms with Gasteiger partial charge in [-0.2, -0.15) is 0 Å². The molecule has 33 heavy (non-hydrogen) atoms. The second kappa shape index (κ2) is 8.98. The van der Waals surface area contributed by atoms with Crippen LogP contribution >= 0.6 is 11.8 Å².